The van der Waals surface area contributed by atoms with Crippen LogP contribution in [0, 0.1) is 13.8 Å². The van der Waals surface area contributed by atoms with Crippen LogP contribution in [0.25, 0.3) is 16.9 Å². The van der Waals surface area contributed by atoms with Gasteiger partial charge in [0, 0.05) is 7.05 Å². The Balaban J connectivity index is 2.27. The molecule has 0 aliphatic rings. The Morgan fingerprint density at radius 2 is 1.90 bits per heavy atom. The number of hydrogen-bond donors (Lipinski definition) is 1. The maximum absolute atomic E-state index is 6.21. The summed E-state index contributed by atoms with van der Waals surface area (Å²) in [4.78, 5) is 12.9. The third-order valence-electron chi connectivity index (χ3n) is 3.34. The predicted octanol–water partition coefficient (Wildman–Crippen LogP) is 3.13. The third-order valence-corrected chi connectivity index (χ3v) is 3.61. The summed E-state index contributed by atoms with van der Waals surface area (Å²) < 4.78 is 1.88. The molecule has 0 radical (unpaired) electrons. The maximum atomic E-state index is 6.21. The molecule has 3 rings (SSSR count). The lowest BCUT2D eigenvalue weighted by atomic mass is 10.1. The molecule has 0 aliphatic carbocycles. The Bertz CT molecular complexity index is 794. The number of anilines is 1. The Kier molecular flexibility index (Phi) is 3.06. The SMILES string of the molecule is CNc1ncc(Cl)c(-n2cnc3cc(C)c(C)cc32)n1. The molecule has 0 spiro atoms. The number of aryl methyl sites for hydroxylation is 2. The zero-order valence-electron chi connectivity index (χ0n) is 11.5. The number of imidazole rings is 1. The average Bonchev–Trinajstić information content (AvgIpc) is 2.83. The highest BCUT2D eigenvalue weighted by molar-refractivity contribution is 6.32. The molecule has 3 aromatic rings. The van der Waals surface area contributed by atoms with Gasteiger partial charge in [0.1, 0.15) is 11.3 Å². The summed E-state index contributed by atoms with van der Waals surface area (Å²) >= 11 is 6.21. The Hall–Kier alpha value is -2.14. The molecule has 0 unspecified atom stereocenters. The van der Waals surface area contributed by atoms with Gasteiger partial charge in [0.2, 0.25) is 5.95 Å². The van der Waals surface area contributed by atoms with Crippen LogP contribution in [0.5, 0.6) is 0 Å². The van der Waals surface area contributed by atoms with Crippen molar-refractivity contribution in [2.45, 2.75) is 13.8 Å². The Morgan fingerprint density at radius 3 is 2.65 bits per heavy atom. The molecule has 102 valence electrons. The van der Waals surface area contributed by atoms with Crippen LogP contribution in [0.3, 0.4) is 0 Å². The van der Waals surface area contributed by atoms with E-state index in [1.54, 1.807) is 19.6 Å². The van der Waals surface area contributed by atoms with E-state index >= 15 is 0 Å². The second-order valence-corrected chi connectivity index (χ2v) is 5.06. The molecule has 0 amide bonds. The van der Waals surface area contributed by atoms with E-state index in [4.69, 9.17) is 11.6 Å². The first-order chi connectivity index (χ1) is 9.60. The Labute approximate surface area is 121 Å². The molecule has 0 aliphatic heterocycles. The van der Waals surface area contributed by atoms with Crippen molar-refractivity contribution in [3.63, 3.8) is 0 Å². The molecule has 0 atom stereocenters. The molecule has 1 aromatic carbocycles. The second-order valence-electron chi connectivity index (χ2n) is 4.65. The molecular weight excluding hydrogens is 274 g/mol. The predicted molar refractivity (Wildman–Crippen MR) is 80.7 cm³/mol. The second kappa shape index (κ2) is 4.76. The first-order valence-electron chi connectivity index (χ1n) is 6.25. The quantitative estimate of drug-likeness (QED) is 0.787. The van der Waals surface area contributed by atoms with Gasteiger partial charge in [-0.05, 0) is 37.1 Å². The highest BCUT2D eigenvalue weighted by Gasteiger charge is 2.12. The molecule has 2 aromatic heterocycles. The van der Waals surface area contributed by atoms with Gasteiger partial charge in [-0.25, -0.2) is 9.97 Å². The number of rotatable bonds is 2. The van der Waals surface area contributed by atoms with Gasteiger partial charge in [0.25, 0.3) is 0 Å². The zero-order chi connectivity index (χ0) is 14.3. The molecule has 0 fully saturated rings. The fourth-order valence-corrected chi connectivity index (χ4v) is 2.26. The van der Waals surface area contributed by atoms with E-state index in [9.17, 15) is 0 Å². The van der Waals surface area contributed by atoms with E-state index in [1.165, 1.54) is 11.1 Å². The minimum atomic E-state index is 0.488. The summed E-state index contributed by atoms with van der Waals surface area (Å²) in [6.07, 6.45) is 3.32. The van der Waals surface area contributed by atoms with Crippen LogP contribution in [-0.2, 0) is 0 Å². The lowest BCUT2D eigenvalue weighted by Gasteiger charge is -2.08. The van der Waals surface area contributed by atoms with Crippen molar-refractivity contribution >= 4 is 28.6 Å². The van der Waals surface area contributed by atoms with Gasteiger partial charge < -0.3 is 5.32 Å². The van der Waals surface area contributed by atoms with Gasteiger partial charge in [0.15, 0.2) is 5.82 Å². The average molecular weight is 288 g/mol. The standard InChI is InChI=1S/C14H14ClN5/c1-8-4-11-12(5-9(8)2)20(7-18-11)13-10(15)6-17-14(16-3)19-13/h4-7H,1-3H3,(H,16,17,19). The molecule has 2 heterocycles. The molecule has 6 heteroatoms. The van der Waals surface area contributed by atoms with E-state index < -0.39 is 0 Å². The van der Waals surface area contributed by atoms with E-state index in [2.05, 4.69) is 46.2 Å². The van der Waals surface area contributed by atoms with Gasteiger partial charge in [0.05, 0.1) is 17.2 Å². The molecule has 20 heavy (non-hydrogen) atoms. The van der Waals surface area contributed by atoms with Crippen LogP contribution < -0.4 is 5.32 Å². The van der Waals surface area contributed by atoms with Gasteiger partial charge in [-0.3, -0.25) is 4.57 Å². The number of halogens is 1. The van der Waals surface area contributed by atoms with Crippen LogP contribution in [0.15, 0.2) is 24.7 Å². The van der Waals surface area contributed by atoms with Crippen molar-refractivity contribution in [3.05, 3.63) is 40.8 Å². The van der Waals surface area contributed by atoms with Crippen molar-refractivity contribution in [3.8, 4) is 5.82 Å². The monoisotopic (exact) mass is 287 g/mol. The number of aromatic nitrogens is 4. The van der Waals surface area contributed by atoms with Crippen molar-refractivity contribution in [2.75, 3.05) is 12.4 Å². The van der Waals surface area contributed by atoms with Crippen LogP contribution in [0.2, 0.25) is 5.02 Å². The highest BCUT2D eigenvalue weighted by Crippen LogP contribution is 2.25. The molecule has 0 saturated carbocycles. The fourth-order valence-electron chi connectivity index (χ4n) is 2.08. The fraction of sp³-hybridized carbons (Fsp3) is 0.214. The molecular formula is C14H14ClN5. The summed E-state index contributed by atoms with van der Waals surface area (Å²) in [6.45, 7) is 4.15. The number of fused-ring (bicyclic) bond motifs is 1. The lowest BCUT2D eigenvalue weighted by Crippen LogP contribution is -2.03. The molecule has 1 N–H and O–H groups in total. The number of benzene rings is 1. The van der Waals surface area contributed by atoms with Crippen LogP contribution >= 0.6 is 11.6 Å². The van der Waals surface area contributed by atoms with Gasteiger partial charge in [-0.1, -0.05) is 11.6 Å². The number of nitrogens with zero attached hydrogens (tertiary/aromatic N) is 4. The topological polar surface area (TPSA) is 55.6 Å². The van der Waals surface area contributed by atoms with Crippen molar-refractivity contribution < 1.29 is 0 Å². The summed E-state index contributed by atoms with van der Waals surface area (Å²) in [5, 5.41) is 3.40. The van der Waals surface area contributed by atoms with Crippen molar-refractivity contribution in [1.82, 2.24) is 19.5 Å². The van der Waals surface area contributed by atoms with Gasteiger partial charge >= 0.3 is 0 Å². The van der Waals surface area contributed by atoms with E-state index in [-0.39, 0.29) is 0 Å². The number of hydrogen-bond acceptors (Lipinski definition) is 4. The summed E-state index contributed by atoms with van der Waals surface area (Å²) in [6, 6.07) is 4.16. The summed E-state index contributed by atoms with van der Waals surface area (Å²) in [7, 11) is 1.77. The van der Waals surface area contributed by atoms with Crippen LogP contribution in [0.1, 0.15) is 11.1 Å². The van der Waals surface area contributed by atoms with Gasteiger partial charge in [-0.2, -0.15) is 4.98 Å². The molecule has 0 saturated heterocycles. The van der Waals surface area contributed by atoms with Crippen LogP contribution in [0.4, 0.5) is 5.95 Å². The molecule has 5 nitrogen and oxygen atoms in total. The van der Waals surface area contributed by atoms with E-state index in [0.717, 1.165) is 11.0 Å². The summed E-state index contributed by atoms with van der Waals surface area (Å²) in [5.74, 6) is 1.15. The lowest BCUT2D eigenvalue weighted by molar-refractivity contribution is 0.996. The highest BCUT2D eigenvalue weighted by atomic mass is 35.5. The van der Waals surface area contributed by atoms with Crippen molar-refractivity contribution in [1.29, 1.82) is 0 Å². The van der Waals surface area contributed by atoms with E-state index in [1.807, 2.05) is 4.57 Å². The number of nitrogens with one attached hydrogen (secondary N) is 1. The minimum Gasteiger partial charge on any atom is -0.357 e. The summed E-state index contributed by atoms with van der Waals surface area (Å²) in [5.41, 5.74) is 4.33. The molecule has 0 bridgehead atoms. The minimum absolute atomic E-state index is 0.488. The smallest absolute Gasteiger partial charge is 0.224 e. The largest absolute Gasteiger partial charge is 0.357 e. The Morgan fingerprint density at radius 1 is 1.15 bits per heavy atom. The van der Waals surface area contributed by atoms with Gasteiger partial charge in [-0.15, -0.1) is 0 Å². The first kappa shape index (κ1) is 12.9. The van der Waals surface area contributed by atoms with E-state index in [0.29, 0.717) is 16.8 Å². The maximum Gasteiger partial charge on any atom is 0.224 e. The normalized spacial score (nSPS) is 11.0. The first-order valence-corrected chi connectivity index (χ1v) is 6.63. The van der Waals surface area contributed by atoms with Crippen molar-refractivity contribution in [2.24, 2.45) is 0 Å². The zero-order valence-corrected chi connectivity index (χ0v) is 12.2. The van der Waals surface area contributed by atoms with Crippen LogP contribution in [-0.4, -0.2) is 26.6 Å². The third kappa shape index (κ3) is 2.00.